The Morgan fingerprint density at radius 1 is 1.09 bits per heavy atom. The number of rotatable bonds is 9. The van der Waals surface area contributed by atoms with E-state index in [9.17, 15) is 0 Å². The lowest BCUT2D eigenvalue weighted by molar-refractivity contribution is 0.249. The van der Waals surface area contributed by atoms with E-state index in [0.717, 1.165) is 50.4 Å². The van der Waals surface area contributed by atoms with Gasteiger partial charge in [-0.15, -0.1) is 0 Å². The van der Waals surface area contributed by atoms with Crippen molar-refractivity contribution in [3.05, 3.63) is 30.2 Å². The van der Waals surface area contributed by atoms with Crippen molar-refractivity contribution in [3.63, 3.8) is 0 Å². The van der Waals surface area contributed by atoms with Crippen LogP contribution in [0.3, 0.4) is 0 Å². The second kappa shape index (κ2) is 8.54. The highest BCUT2D eigenvalue weighted by Crippen LogP contribution is 2.20. The quantitative estimate of drug-likeness (QED) is 0.664. The Morgan fingerprint density at radius 2 is 1.82 bits per heavy atom. The van der Waals surface area contributed by atoms with Crippen LogP contribution in [0.4, 0.5) is 0 Å². The highest BCUT2D eigenvalue weighted by Gasteiger charge is 2.07. The molecule has 2 aromatic rings. The predicted molar refractivity (Wildman–Crippen MR) is 87.0 cm³/mol. The molecule has 5 nitrogen and oxygen atoms in total. The molecule has 0 N–H and O–H groups in total. The highest BCUT2D eigenvalue weighted by molar-refractivity contribution is 5.55. The normalized spacial score (nSPS) is 11.1. The SMILES string of the molecule is CCc1nc(-c2ccc(OCCCN(CC)CC)cc2)no1. The van der Waals surface area contributed by atoms with E-state index in [0.29, 0.717) is 11.7 Å². The summed E-state index contributed by atoms with van der Waals surface area (Å²) in [6.45, 7) is 10.4. The van der Waals surface area contributed by atoms with Gasteiger partial charge in [0.2, 0.25) is 11.7 Å². The highest BCUT2D eigenvalue weighted by atomic mass is 16.5. The van der Waals surface area contributed by atoms with Crippen LogP contribution in [0.25, 0.3) is 11.4 Å². The molecule has 5 heteroatoms. The van der Waals surface area contributed by atoms with Gasteiger partial charge in [0.1, 0.15) is 5.75 Å². The third-order valence-electron chi connectivity index (χ3n) is 3.66. The van der Waals surface area contributed by atoms with E-state index in [-0.39, 0.29) is 0 Å². The zero-order valence-corrected chi connectivity index (χ0v) is 13.7. The molecule has 1 heterocycles. The van der Waals surface area contributed by atoms with Gasteiger partial charge in [-0.1, -0.05) is 25.9 Å². The molecule has 2 rings (SSSR count). The Bertz CT molecular complexity index is 547. The lowest BCUT2D eigenvalue weighted by Gasteiger charge is -2.17. The first-order valence-corrected chi connectivity index (χ1v) is 8.05. The standard InChI is InChI=1S/C17H25N3O2/c1-4-16-18-17(19-22-16)14-8-10-15(11-9-14)21-13-7-12-20(5-2)6-3/h8-11H,4-7,12-13H2,1-3H3. The summed E-state index contributed by atoms with van der Waals surface area (Å²) >= 11 is 0. The van der Waals surface area contributed by atoms with Crippen molar-refractivity contribution in [2.24, 2.45) is 0 Å². The van der Waals surface area contributed by atoms with Crippen LogP contribution in [0.1, 0.15) is 33.1 Å². The van der Waals surface area contributed by atoms with Crippen LogP contribution in [0.5, 0.6) is 5.75 Å². The van der Waals surface area contributed by atoms with E-state index in [1.54, 1.807) is 0 Å². The Labute approximate surface area is 132 Å². The third-order valence-corrected chi connectivity index (χ3v) is 3.66. The summed E-state index contributed by atoms with van der Waals surface area (Å²) in [6.07, 6.45) is 1.79. The number of hydrogen-bond donors (Lipinski definition) is 0. The van der Waals surface area contributed by atoms with Crippen molar-refractivity contribution in [3.8, 4) is 17.1 Å². The summed E-state index contributed by atoms with van der Waals surface area (Å²) in [5.74, 6) is 2.17. The van der Waals surface area contributed by atoms with Crippen LogP contribution < -0.4 is 4.74 Å². The van der Waals surface area contributed by atoms with E-state index in [1.165, 1.54) is 0 Å². The van der Waals surface area contributed by atoms with Gasteiger partial charge in [0, 0.05) is 18.5 Å². The van der Waals surface area contributed by atoms with E-state index < -0.39 is 0 Å². The maximum Gasteiger partial charge on any atom is 0.226 e. The van der Waals surface area contributed by atoms with Crippen LogP contribution in [-0.4, -0.2) is 41.3 Å². The van der Waals surface area contributed by atoms with Crippen LogP contribution in [0, 0.1) is 0 Å². The smallest absolute Gasteiger partial charge is 0.226 e. The summed E-state index contributed by atoms with van der Waals surface area (Å²) in [5, 5.41) is 3.97. The molecule has 0 amide bonds. The molecule has 22 heavy (non-hydrogen) atoms. The van der Waals surface area contributed by atoms with E-state index in [4.69, 9.17) is 9.26 Å². The molecule has 0 radical (unpaired) electrons. The van der Waals surface area contributed by atoms with Crippen molar-refractivity contribution < 1.29 is 9.26 Å². The number of hydrogen-bond acceptors (Lipinski definition) is 5. The first kappa shape index (κ1) is 16.5. The minimum atomic E-state index is 0.630. The average Bonchev–Trinajstić information content (AvgIpc) is 3.05. The lowest BCUT2D eigenvalue weighted by atomic mass is 10.2. The Hall–Kier alpha value is -1.88. The monoisotopic (exact) mass is 303 g/mol. The van der Waals surface area contributed by atoms with Crippen LogP contribution in [0.15, 0.2) is 28.8 Å². The van der Waals surface area contributed by atoms with Crippen molar-refractivity contribution in [2.45, 2.75) is 33.6 Å². The topological polar surface area (TPSA) is 51.4 Å². The number of nitrogens with zero attached hydrogens (tertiary/aromatic N) is 3. The zero-order chi connectivity index (χ0) is 15.8. The molecular weight excluding hydrogens is 278 g/mol. The minimum Gasteiger partial charge on any atom is -0.494 e. The molecule has 0 bridgehead atoms. The molecule has 0 unspecified atom stereocenters. The van der Waals surface area contributed by atoms with Gasteiger partial charge in [0.25, 0.3) is 0 Å². The van der Waals surface area contributed by atoms with Gasteiger partial charge in [-0.2, -0.15) is 4.98 Å². The van der Waals surface area contributed by atoms with Crippen molar-refractivity contribution in [1.82, 2.24) is 15.0 Å². The predicted octanol–water partition coefficient (Wildman–Crippen LogP) is 3.41. The number of aryl methyl sites for hydroxylation is 1. The summed E-state index contributed by atoms with van der Waals surface area (Å²) in [5.41, 5.74) is 0.943. The second-order valence-corrected chi connectivity index (χ2v) is 5.12. The summed E-state index contributed by atoms with van der Waals surface area (Å²) < 4.78 is 10.9. The molecule has 120 valence electrons. The molecule has 1 aromatic carbocycles. The van der Waals surface area contributed by atoms with Crippen LogP contribution in [0.2, 0.25) is 0 Å². The third kappa shape index (κ3) is 4.56. The number of ether oxygens (including phenoxy) is 1. The minimum absolute atomic E-state index is 0.630. The lowest BCUT2D eigenvalue weighted by Crippen LogP contribution is -2.25. The van der Waals surface area contributed by atoms with Gasteiger partial charge in [0.15, 0.2) is 0 Å². The molecule has 0 fully saturated rings. The van der Waals surface area contributed by atoms with Gasteiger partial charge in [-0.25, -0.2) is 0 Å². The molecule has 0 aliphatic heterocycles. The summed E-state index contributed by atoms with van der Waals surface area (Å²) in [7, 11) is 0. The first-order valence-electron chi connectivity index (χ1n) is 8.05. The van der Waals surface area contributed by atoms with Gasteiger partial charge in [-0.05, 0) is 43.8 Å². The molecule has 0 atom stereocenters. The van der Waals surface area contributed by atoms with E-state index in [1.807, 2.05) is 31.2 Å². The summed E-state index contributed by atoms with van der Waals surface area (Å²) in [4.78, 5) is 6.71. The molecule has 0 saturated heterocycles. The fourth-order valence-corrected chi connectivity index (χ4v) is 2.23. The number of aromatic nitrogens is 2. The van der Waals surface area contributed by atoms with Crippen molar-refractivity contribution >= 4 is 0 Å². The molecule has 0 aliphatic rings. The largest absolute Gasteiger partial charge is 0.494 e. The Morgan fingerprint density at radius 3 is 2.41 bits per heavy atom. The first-order chi connectivity index (χ1) is 10.8. The Kier molecular flexibility index (Phi) is 6.40. The maximum absolute atomic E-state index is 5.77. The van der Waals surface area contributed by atoms with E-state index in [2.05, 4.69) is 28.9 Å². The Balaban J connectivity index is 1.82. The van der Waals surface area contributed by atoms with Gasteiger partial charge in [0.05, 0.1) is 6.61 Å². The molecule has 0 aliphatic carbocycles. The average molecular weight is 303 g/mol. The maximum atomic E-state index is 5.77. The van der Waals surface area contributed by atoms with Gasteiger partial charge in [-0.3, -0.25) is 0 Å². The number of benzene rings is 1. The molecular formula is C17H25N3O2. The van der Waals surface area contributed by atoms with Gasteiger partial charge < -0.3 is 14.2 Å². The van der Waals surface area contributed by atoms with E-state index >= 15 is 0 Å². The fourth-order valence-electron chi connectivity index (χ4n) is 2.23. The van der Waals surface area contributed by atoms with Crippen LogP contribution >= 0.6 is 0 Å². The van der Waals surface area contributed by atoms with Crippen molar-refractivity contribution in [2.75, 3.05) is 26.2 Å². The summed E-state index contributed by atoms with van der Waals surface area (Å²) in [6, 6.07) is 7.83. The second-order valence-electron chi connectivity index (χ2n) is 5.12. The van der Waals surface area contributed by atoms with Gasteiger partial charge >= 0.3 is 0 Å². The zero-order valence-electron chi connectivity index (χ0n) is 13.7. The molecule has 0 saturated carbocycles. The molecule has 1 aromatic heterocycles. The van der Waals surface area contributed by atoms with Crippen molar-refractivity contribution in [1.29, 1.82) is 0 Å². The molecule has 0 spiro atoms. The fraction of sp³-hybridized carbons (Fsp3) is 0.529. The van der Waals surface area contributed by atoms with Crippen LogP contribution in [-0.2, 0) is 6.42 Å².